The number of halogens is 3. The molecule has 3 rings (SSSR count). The second-order valence-corrected chi connectivity index (χ2v) is 5.69. The number of nitriles is 1. The Kier molecular flexibility index (Phi) is 4.20. The van der Waals surface area contributed by atoms with E-state index in [9.17, 15) is 14.0 Å². The quantitative estimate of drug-likeness (QED) is 0.852. The van der Waals surface area contributed by atoms with E-state index >= 15 is 0 Å². The lowest BCUT2D eigenvalue weighted by molar-refractivity contribution is 0.0558. The zero-order chi connectivity index (χ0) is 16.6. The molecule has 1 aromatic heterocycles. The van der Waals surface area contributed by atoms with Gasteiger partial charge in [0.25, 0.3) is 0 Å². The first-order valence-corrected chi connectivity index (χ1v) is 7.41. The van der Waals surface area contributed by atoms with Crippen molar-refractivity contribution in [1.82, 2.24) is 9.78 Å². The molecule has 8 heteroatoms. The molecule has 23 heavy (non-hydrogen) atoms. The van der Waals surface area contributed by atoms with Gasteiger partial charge < -0.3 is 10.5 Å². The van der Waals surface area contributed by atoms with Crippen LogP contribution in [-0.2, 0) is 4.74 Å². The molecule has 1 atom stereocenters. The highest BCUT2D eigenvalue weighted by Crippen LogP contribution is 2.34. The summed E-state index contributed by atoms with van der Waals surface area (Å²) in [5.74, 6) is -1.44. The average Bonchev–Trinajstić information content (AvgIpc) is 2.88. The summed E-state index contributed by atoms with van der Waals surface area (Å²) in [6.07, 6.45) is 1.62. The summed E-state index contributed by atoms with van der Waals surface area (Å²) in [7, 11) is 0. The lowest BCUT2D eigenvalue weighted by Gasteiger charge is -2.23. The predicted octanol–water partition coefficient (Wildman–Crippen LogP) is 3.29. The van der Waals surface area contributed by atoms with Crippen LogP contribution >= 0.6 is 11.6 Å². The summed E-state index contributed by atoms with van der Waals surface area (Å²) in [6, 6.07) is 3.55. The number of nitrogens with two attached hydrogens (primary N) is 1. The van der Waals surface area contributed by atoms with Crippen LogP contribution < -0.4 is 5.73 Å². The highest BCUT2D eigenvalue weighted by molar-refractivity contribution is 6.30. The zero-order valence-corrected chi connectivity index (χ0v) is 12.8. The molecule has 2 N–H and O–H groups in total. The maximum absolute atomic E-state index is 14.1. The van der Waals surface area contributed by atoms with E-state index in [1.54, 1.807) is 0 Å². The molecule has 0 amide bonds. The van der Waals surface area contributed by atoms with E-state index in [1.165, 1.54) is 4.68 Å². The number of nitrogens with zero attached hydrogens (tertiary/aromatic N) is 3. The Balaban J connectivity index is 2.13. The molecular formula is C15H13ClF2N4O. The molecule has 1 aliphatic rings. The third kappa shape index (κ3) is 2.76. The van der Waals surface area contributed by atoms with Crippen molar-refractivity contribution >= 4 is 17.4 Å². The first-order valence-electron chi connectivity index (χ1n) is 7.03. The minimum absolute atomic E-state index is 0.00337. The van der Waals surface area contributed by atoms with Crippen molar-refractivity contribution in [3.63, 3.8) is 0 Å². The Morgan fingerprint density at radius 2 is 2.17 bits per heavy atom. The molecule has 1 aromatic carbocycles. The van der Waals surface area contributed by atoms with Gasteiger partial charge in [0.05, 0.1) is 17.7 Å². The maximum Gasteiger partial charge on any atom is 0.142 e. The van der Waals surface area contributed by atoms with Crippen LogP contribution in [0.15, 0.2) is 12.1 Å². The summed E-state index contributed by atoms with van der Waals surface area (Å²) in [5.41, 5.74) is 5.85. The fraction of sp³-hybridized carbons (Fsp3) is 0.333. The number of anilines is 1. The Morgan fingerprint density at radius 3 is 2.83 bits per heavy atom. The van der Waals surface area contributed by atoms with E-state index in [0.29, 0.717) is 13.2 Å². The van der Waals surface area contributed by atoms with Crippen molar-refractivity contribution < 1.29 is 13.5 Å². The highest BCUT2D eigenvalue weighted by atomic mass is 35.5. The Labute approximate surface area is 136 Å². The van der Waals surface area contributed by atoms with Crippen LogP contribution in [0.1, 0.15) is 24.4 Å². The summed E-state index contributed by atoms with van der Waals surface area (Å²) < 4.78 is 34.7. The second-order valence-electron chi connectivity index (χ2n) is 5.28. The number of ether oxygens (including phenoxy) is 1. The van der Waals surface area contributed by atoms with Gasteiger partial charge in [-0.3, -0.25) is 0 Å². The van der Waals surface area contributed by atoms with Gasteiger partial charge in [0.15, 0.2) is 0 Å². The molecule has 0 bridgehead atoms. The second kappa shape index (κ2) is 6.14. The summed E-state index contributed by atoms with van der Waals surface area (Å²) >= 11 is 5.56. The molecule has 1 saturated heterocycles. The minimum Gasteiger partial charge on any atom is -0.383 e. The number of hydrogen-bond acceptors (Lipinski definition) is 4. The van der Waals surface area contributed by atoms with Crippen molar-refractivity contribution in [2.24, 2.45) is 0 Å². The van der Waals surface area contributed by atoms with Crippen LogP contribution in [0.4, 0.5) is 14.6 Å². The van der Waals surface area contributed by atoms with Gasteiger partial charge in [0.1, 0.15) is 34.8 Å². The van der Waals surface area contributed by atoms with Gasteiger partial charge in [-0.1, -0.05) is 11.6 Å². The first kappa shape index (κ1) is 15.7. The molecule has 0 saturated carbocycles. The number of hydrogen-bond donors (Lipinski definition) is 1. The average molecular weight is 339 g/mol. The van der Waals surface area contributed by atoms with Gasteiger partial charge in [-0.05, 0) is 25.0 Å². The van der Waals surface area contributed by atoms with Crippen molar-refractivity contribution in [3.05, 3.63) is 34.4 Å². The standard InChI is InChI=1S/C15H13ClF2N4O/c16-11-5-12(17)9(4-13(11)18)14-10(6-19)15(20)22(21-14)8-2-1-3-23-7-8/h4-5,8H,1-3,7,20H2. The lowest BCUT2D eigenvalue weighted by Crippen LogP contribution is -2.23. The van der Waals surface area contributed by atoms with E-state index < -0.39 is 11.6 Å². The van der Waals surface area contributed by atoms with E-state index in [1.807, 2.05) is 6.07 Å². The molecule has 2 heterocycles. The number of nitrogen functional groups attached to an aromatic ring is 1. The summed E-state index contributed by atoms with van der Waals surface area (Å²) in [4.78, 5) is 0. The van der Waals surface area contributed by atoms with Crippen LogP contribution in [0.3, 0.4) is 0 Å². The van der Waals surface area contributed by atoms with E-state index in [0.717, 1.165) is 25.0 Å². The normalized spacial score (nSPS) is 17.9. The fourth-order valence-corrected chi connectivity index (χ4v) is 2.80. The summed E-state index contributed by atoms with van der Waals surface area (Å²) in [5, 5.41) is 13.2. The van der Waals surface area contributed by atoms with Gasteiger partial charge in [0, 0.05) is 12.2 Å². The highest BCUT2D eigenvalue weighted by Gasteiger charge is 2.26. The fourth-order valence-electron chi connectivity index (χ4n) is 2.65. The molecule has 0 aliphatic carbocycles. The number of rotatable bonds is 2. The van der Waals surface area contributed by atoms with Gasteiger partial charge in [0.2, 0.25) is 0 Å². The molecule has 5 nitrogen and oxygen atoms in total. The third-order valence-electron chi connectivity index (χ3n) is 3.81. The van der Waals surface area contributed by atoms with E-state index in [-0.39, 0.29) is 33.7 Å². The molecule has 0 radical (unpaired) electrons. The van der Waals surface area contributed by atoms with Crippen LogP contribution in [0.5, 0.6) is 0 Å². The molecule has 0 spiro atoms. The zero-order valence-electron chi connectivity index (χ0n) is 12.0. The van der Waals surface area contributed by atoms with Crippen LogP contribution in [-0.4, -0.2) is 23.0 Å². The predicted molar refractivity (Wildman–Crippen MR) is 80.8 cm³/mol. The molecular weight excluding hydrogens is 326 g/mol. The number of aromatic nitrogens is 2. The molecule has 1 fully saturated rings. The third-order valence-corrected chi connectivity index (χ3v) is 4.10. The van der Waals surface area contributed by atoms with Crippen molar-refractivity contribution in [2.45, 2.75) is 18.9 Å². The monoisotopic (exact) mass is 338 g/mol. The van der Waals surface area contributed by atoms with E-state index in [2.05, 4.69) is 5.10 Å². The Morgan fingerprint density at radius 1 is 1.39 bits per heavy atom. The summed E-state index contributed by atoms with van der Waals surface area (Å²) in [6.45, 7) is 1.07. The first-order chi connectivity index (χ1) is 11.0. The van der Waals surface area contributed by atoms with Crippen molar-refractivity contribution in [3.8, 4) is 17.3 Å². The maximum atomic E-state index is 14.1. The van der Waals surface area contributed by atoms with E-state index in [4.69, 9.17) is 22.1 Å². The molecule has 1 aliphatic heterocycles. The van der Waals surface area contributed by atoms with Crippen LogP contribution in [0.2, 0.25) is 5.02 Å². The molecule has 1 unspecified atom stereocenters. The van der Waals surface area contributed by atoms with Gasteiger partial charge in [-0.15, -0.1) is 0 Å². The van der Waals surface area contributed by atoms with Crippen molar-refractivity contribution in [2.75, 3.05) is 18.9 Å². The molecule has 2 aromatic rings. The van der Waals surface area contributed by atoms with Gasteiger partial charge >= 0.3 is 0 Å². The smallest absolute Gasteiger partial charge is 0.142 e. The lowest BCUT2D eigenvalue weighted by atomic mass is 10.1. The largest absolute Gasteiger partial charge is 0.383 e. The minimum atomic E-state index is -0.791. The topological polar surface area (TPSA) is 76.9 Å². The van der Waals surface area contributed by atoms with Gasteiger partial charge in [-0.2, -0.15) is 10.4 Å². The Hall–Kier alpha value is -2.17. The van der Waals surface area contributed by atoms with Crippen molar-refractivity contribution in [1.29, 1.82) is 5.26 Å². The number of benzene rings is 1. The van der Waals surface area contributed by atoms with Crippen LogP contribution in [0, 0.1) is 23.0 Å². The molecule has 120 valence electrons. The van der Waals surface area contributed by atoms with Gasteiger partial charge in [-0.25, -0.2) is 13.5 Å². The Bertz CT molecular complexity index is 794. The van der Waals surface area contributed by atoms with Crippen LogP contribution in [0.25, 0.3) is 11.3 Å². The SMILES string of the molecule is N#Cc1c(-c2cc(F)c(Cl)cc2F)nn(C2CCCOC2)c1N.